The number of rotatable bonds is 8. The maximum atomic E-state index is 12.5. The van der Waals surface area contributed by atoms with Gasteiger partial charge in [-0.15, -0.1) is 0 Å². The number of halogens is 1. The van der Waals surface area contributed by atoms with Crippen molar-refractivity contribution >= 4 is 17.5 Å². The maximum Gasteiger partial charge on any atom is 0.225 e. The highest BCUT2D eigenvalue weighted by Gasteiger charge is 2.20. The van der Waals surface area contributed by atoms with Crippen LogP contribution >= 0.6 is 11.6 Å². The van der Waals surface area contributed by atoms with Crippen LogP contribution in [0.3, 0.4) is 0 Å². The second-order valence-electron chi connectivity index (χ2n) is 5.40. The molecule has 0 saturated heterocycles. The van der Waals surface area contributed by atoms with E-state index in [2.05, 4.69) is 13.8 Å². The summed E-state index contributed by atoms with van der Waals surface area (Å²) in [4.78, 5) is 14.3. The first-order valence-corrected chi connectivity index (χ1v) is 7.98. The van der Waals surface area contributed by atoms with E-state index in [9.17, 15) is 4.79 Å². The van der Waals surface area contributed by atoms with Crippen LogP contribution in [-0.2, 0) is 11.3 Å². The van der Waals surface area contributed by atoms with Gasteiger partial charge in [0.25, 0.3) is 0 Å². The van der Waals surface area contributed by atoms with E-state index in [0.29, 0.717) is 11.6 Å². The van der Waals surface area contributed by atoms with E-state index in [-0.39, 0.29) is 11.8 Å². The molecule has 0 aliphatic rings. The molecule has 1 aromatic carbocycles. The van der Waals surface area contributed by atoms with Crippen LogP contribution in [0.25, 0.3) is 0 Å². The minimum Gasteiger partial charge on any atom is -0.496 e. The normalized spacial score (nSPS) is 12.0. The molecule has 3 nitrogen and oxygen atoms in total. The number of unbranched alkanes of at least 4 members (excludes halogenated alkanes) is 1. The average molecular weight is 312 g/mol. The van der Waals surface area contributed by atoms with Crippen LogP contribution in [0, 0.1) is 5.92 Å². The van der Waals surface area contributed by atoms with Crippen molar-refractivity contribution in [2.75, 3.05) is 14.2 Å². The number of hydrogen-bond donors (Lipinski definition) is 0. The Kier molecular flexibility index (Phi) is 7.58. The van der Waals surface area contributed by atoms with Crippen LogP contribution in [0.2, 0.25) is 5.02 Å². The molecule has 1 unspecified atom stereocenters. The van der Waals surface area contributed by atoms with Gasteiger partial charge in [0.05, 0.1) is 7.11 Å². The lowest BCUT2D eigenvalue weighted by molar-refractivity contribution is -0.135. The summed E-state index contributed by atoms with van der Waals surface area (Å²) in [5.74, 6) is 1.08. The van der Waals surface area contributed by atoms with Crippen molar-refractivity contribution in [3.05, 3.63) is 28.8 Å². The zero-order valence-electron chi connectivity index (χ0n) is 13.5. The van der Waals surface area contributed by atoms with Crippen molar-refractivity contribution in [2.45, 2.75) is 46.1 Å². The third-order valence-electron chi connectivity index (χ3n) is 3.77. The Morgan fingerprint density at radius 2 is 2.10 bits per heavy atom. The molecule has 0 fully saturated rings. The van der Waals surface area contributed by atoms with Crippen molar-refractivity contribution < 1.29 is 9.53 Å². The molecule has 4 heteroatoms. The zero-order chi connectivity index (χ0) is 15.8. The molecule has 1 amide bonds. The Bertz CT molecular complexity index is 462. The molecular formula is C17H26ClNO2. The molecule has 1 rings (SSSR count). The number of amides is 1. The quantitative estimate of drug-likeness (QED) is 0.706. The smallest absolute Gasteiger partial charge is 0.225 e. The van der Waals surface area contributed by atoms with Gasteiger partial charge in [0.15, 0.2) is 0 Å². The van der Waals surface area contributed by atoms with Gasteiger partial charge in [0, 0.05) is 30.1 Å². The van der Waals surface area contributed by atoms with Crippen LogP contribution in [-0.4, -0.2) is 25.0 Å². The van der Waals surface area contributed by atoms with Crippen LogP contribution in [0.15, 0.2) is 18.2 Å². The number of hydrogen-bond acceptors (Lipinski definition) is 2. The van der Waals surface area contributed by atoms with E-state index in [0.717, 1.165) is 37.0 Å². The predicted octanol–water partition coefficient (Wildman–Crippen LogP) is 4.52. The molecule has 0 aromatic heterocycles. The van der Waals surface area contributed by atoms with Crippen LogP contribution in [0.4, 0.5) is 0 Å². The lowest BCUT2D eigenvalue weighted by Gasteiger charge is -2.24. The molecule has 0 spiro atoms. The first-order valence-electron chi connectivity index (χ1n) is 7.60. The van der Waals surface area contributed by atoms with E-state index < -0.39 is 0 Å². The summed E-state index contributed by atoms with van der Waals surface area (Å²) in [5.41, 5.74) is 0.936. The van der Waals surface area contributed by atoms with Gasteiger partial charge in [0.1, 0.15) is 5.75 Å². The average Bonchev–Trinajstić information content (AvgIpc) is 2.48. The highest BCUT2D eigenvalue weighted by atomic mass is 35.5. The first kappa shape index (κ1) is 17.8. The van der Waals surface area contributed by atoms with Crippen LogP contribution in [0.1, 0.15) is 45.1 Å². The second-order valence-corrected chi connectivity index (χ2v) is 5.83. The zero-order valence-corrected chi connectivity index (χ0v) is 14.2. The molecule has 1 aromatic rings. The van der Waals surface area contributed by atoms with E-state index in [4.69, 9.17) is 16.3 Å². The Morgan fingerprint density at radius 1 is 1.38 bits per heavy atom. The lowest BCUT2D eigenvalue weighted by Crippen LogP contribution is -2.32. The summed E-state index contributed by atoms with van der Waals surface area (Å²) in [6.45, 7) is 4.75. The summed E-state index contributed by atoms with van der Waals surface area (Å²) in [6, 6.07) is 5.49. The first-order chi connectivity index (χ1) is 10.0. The van der Waals surface area contributed by atoms with Crippen molar-refractivity contribution in [2.24, 2.45) is 5.92 Å². The largest absolute Gasteiger partial charge is 0.496 e. The Hall–Kier alpha value is -1.22. The standard InChI is InChI=1S/C17H26ClNO2/c1-5-7-8-13(6-2)17(20)19(3)12-14-11-15(18)9-10-16(14)21-4/h9-11,13H,5-8,12H2,1-4H3. The molecule has 0 heterocycles. The number of carbonyl (C=O) groups excluding carboxylic acids is 1. The van der Waals surface area contributed by atoms with Crippen LogP contribution < -0.4 is 4.74 Å². The molecule has 118 valence electrons. The third kappa shape index (κ3) is 5.24. The maximum absolute atomic E-state index is 12.5. The monoisotopic (exact) mass is 311 g/mol. The van der Waals surface area contributed by atoms with Crippen molar-refractivity contribution in [1.82, 2.24) is 4.90 Å². The van der Waals surface area contributed by atoms with Gasteiger partial charge in [-0.25, -0.2) is 0 Å². The molecule has 0 radical (unpaired) electrons. The summed E-state index contributed by atoms with van der Waals surface area (Å²) < 4.78 is 5.34. The lowest BCUT2D eigenvalue weighted by atomic mass is 9.97. The molecule has 0 aliphatic carbocycles. The van der Waals surface area contributed by atoms with E-state index in [1.54, 1.807) is 18.1 Å². The van der Waals surface area contributed by atoms with Gasteiger partial charge in [0.2, 0.25) is 5.91 Å². The number of ether oxygens (including phenoxy) is 1. The van der Waals surface area contributed by atoms with Gasteiger partial charge < -0.3 is 9.64 Å². The fraction of sp³-hybridized carbons (Fsp3) is 0.588. The number of methoxy groups -OCH3 is 1. The van der Waals surface area contributed by atoms with Gasteiger partial charge in [-0.1, -0.05) is 38.3 Å². The summed E-state index contributed by atoms with van der Waals surface area (Å²) in [6.07, 6.45) is 4.06. The molecular weight excluding hydrogens is 286 g/mol. The highest BCUT2D eigenvalue weighted by Crippen LogP contribution is 2.25. The van der Waals surface area contributed by atoms with Gasteiger partial charge in [-0.2, -0.15) is 0 Å². The van der Waals surface area contributed by atoms with E-state index in [1.807, 2.05) is 19.2 Å². The molecule has 0 N–H and O–H groups in total. The Labute approximate surface area is 133 Å². The molecule has 0 aliphatic heterocycles. The molecule has 21 heavy (non-hydrogen) atoms. The SMILES string of the molecule is CCCCC(CC)C(=O)N(C)Cc1cc(Cl)ccc1OC. The predicted molar refractivity (Wildman–Crippen MR) is 87.8 cm³/mol. The fourth-order valence-corrected chi connectivity index (χ4v) is 2.66. The van der Waals surface area contributed by atoms with Crippen molar-refractivity contribution in [3.63, 3.8) is 0 Å². The molecule has 0 saturated carbocycles. The third-order valence-corrected chi connectivity index (χ3v) is 4.01. The van der Waals surface area contributed by atoms with E-state index >= 15 is 0 Å². The Balaban J connectivity index is 2.77. The Morgan fingerprint density at radius 3 is 2.67 bits per heavy atom. The number of carbonyl (C=O) groups is 1. The minimum absolute atomic E-state index is 0.111. The van der Waals surface area contributed by atoms with E-state index in [1.165, 1.54) is 0 Å². The van der Waals surface area contributed by atoms with Gasteiger partial charge in [-0.3, -0.25) is 4.79 Å². The minimum atomic E-state index is 0.111. The molecule has 0 bridgehead atoms. The van der Waals surface area contributed by atoms with Gasteiger partial charge >= 0.3 is 0 Å². The summed E-state index contributed by atoms with van der Waals surface area (Å²) >= 11 is 6.04. The van der Waals surface area contributed by atoms with Crippen molar-refractivity contribution in [1.29, 1.82) is 0 Å². The second kappa shape index (κ2) is 8.93. The number of nitrogens with zero attached hydrogens (tertiary/aromatic N) is 1. The number of benzene rings is 1. The fourth-order valence-electron chi connectivity index (χ4n) is 2.47. The van der Waals surface area contributed by atoms with Crippen molar-refractivity contribution in [3.8, 4) is 5.75 Å². The van der Waals surface area contributed by atoms with Gasteiger partial charge in [-0.05, 0) is 31.0 Å². The topological polar surface area (TPSA) is 29.5 Å². The summed E-state index contributed by atoms with van der Waals surface area (Å²) in [5, 5.41) is 0.657. The summed E-state index contributed by atoms with van der Waals surface area (Å²) in [7, 11) is 3.47. The highest BCUT2D eigenvalue weighted by molar-refractivity contribution is 6.30. The van der Waals surface area contributed by atoms with Crippen LogP contribution in [0.5, 0.6) is 5.75 Å². The molecule has 1 atom stereocenters.